The molecule has 2 aromatic carbocycles. The SMILES string of the molecule is CCn1c(O)c(C)c(C)c(N=Nc2cc(C)ccc2C)c1=O.CNc1nc(Nc2cccc(C)c2)[nH]c(=O)n1. The zero-order chi connectivity index (χ0) is 28.7. The molecular formula is C28H34N8O3. The van der Waals surface area contributed by atoms with Gasteiger partial charge in [-0.05, 0) is 82.0 Å². The molecule has 204 valence electrons. The largest absolute Gasteiger partial charge is 0.494 e. The lowest BCUT2D eigenvalue weighted by atomic mass is 10.1. The number of nitrogens with zero attached hydrogens (tertiary/aromatic N) is 5. The average molecular weight is 531 g/mol. The molecule has 0 bridgehead atoms. The summed E-state index contributed by atoms with van der Waals surface area (Å²) >= 11 is 0. The molecule has 2 heterocycles. The van der Waals surface area contributed by atoms with Gasteiger partial charge in [-0.3, -0.25) is 14.3 Å². The summed E-state index contributed by atoms with van der Waals surface area (Å²) in [6, 6.07) is 13.7. The minimum atomic E-state index is -0.445. The van der Waals surface area contributed by atoms with Crippen LogP contribution in [0.15, 0.2) is 62.3 Å². The Balaban J connectivity index is 0.000000223. The Morgan fingerprint density at radius 1 is 0.949 bits per heavy atom. The van der Waals surface area contributed by atoms with Crippen molar-refractivity contribution in [3.63, 3.8) is 0 Å². The quantitative estimate of drug-likeness (QED) is 0.241. The average Bonchev–Trinajstić information content (AvgIpc) is 2.89. The summed E-state index contributed by atoms with van der Waals surface area (Å²) in [5, 5.41) is 24.2. The minimum absolute atomic E-state index is 0.00399. The van der Waals surface area contributed by atoms with Crippen LogP contribution in [-0.2, 0) is 6.54 Å². The Hall–Kier alpha value is -4.80. The van der Waals surface area contributed by atoms with E-state index in [4.69, 9.17) is 0 Å². The third-order valence-electron chi connectivity index (χ3n) is 6.05. The number of aryl methyl sites for hydroxylation is 3. The van der Waals surface area contributed by atoms with Crippen LogP contribution in [0, 0.1) is 34.6 Å². The van der Waals surface area contributed by atoms with E-state index in [-0.39, 0.29) is 23.1 Å². The second-order valence-electron chi connectivity index (χ2n) is 9.03. The van der Waals surface area contributed by atoms with Crippen molar-refractivity contribution in [1.82, 2.24) is 19.5 Å². The molecule has 0 saturated carbocycles. The van der Waals surface area contributed by atoms with Crippen molar-refractivity contribution < 1.29 is 5.11 Å². The monoisotopic (exact) mass is 530 g/mol. The molecule has 0 aliphatic carbocycles. The van der Waals surface area contributed by atoms with Gasteiger partial charge in [0.05, 0.1) is 5.69 Å². The molecular weight excluding hydrogens is 496 g/mol. The summed E-state index contributed by atoms with van der Waals surface area (Å²) < 4.78 is 1.31. The highest BCUT2D eigenvalue weighted by molar-refractivity contribution is 5.55. The Morgan fingerprint density at radius 2 is 1.67 bits per heavy atom. The van der Waals surface area contributed by atoms with Crippen LogP contribution in [0.3, 0.4) is 0 Å². The lowest BCUT2D eigenvalue weighted by Crippen LogP contribution is -2.20. The molecule has 4 aromatic rings. The van der Waals surface area contributed by atoms with Gasteiger partial charge in [-0.1, -0.05) is 24.3 Å². The first-order valence-electron chi connectivity index (χ1n) is 12.5. The van der Waals surface area contributed by atoms with Crippen LogP contribution in [0.4, 0.5) is 29.0 Å². The first kappa shape index (κ1) is 28.8. The maximum atomic E-state index is 12.4. The third kappa shape index (κ3) is 7.16. The Kier molecular flexibility index (Phi) is 9.32. The predicted octanol–water partition coefficient (Wildman–Crippen LogP) is 5.48. The van der Waals surface area contributed by atoms with Crippen molar-refractivity contribution in [2.45, 2.75) is 48.1 Å². The smallest absolute Gasteiger partial charge is 0.351 e. The molecule has 11 heteroatoms. The van der Waals surface area contributed by atoms with Crippen LogP contribution in [-0.4, -0.2) is 31.7 Å². The molecule has 2 aromatic heterocycles. The standard InChI is InChI=1S/C17H21N3O2.C11H13N5O/c1-6-20-16(21)13(5)12(4)15(17(20)22)19-18-14-9-10(2)7-8-11(14)3;1-7-4-3-5-8(6-7)13-10-14-9(12-2)15-11(17)16-10/h7-9,21H,6H2,1-5H3;3-6H,1-2H3,(H3,12,13,14,15,16,17). The molecule has 4 N–H and O–H groups in total. The number of benzene rings is 2. The highest BCUT2D eigenvalue weighted by Gasteiger charge is 2.15. The van der Waals surface area contributed by atoms with E-state index in [0.29, 0.717) is 23.6 Å². The number of aromatic amines is 1. The van der Waals surface area contributed by atoms with Crippen LogP contribution < -0.4 is 21.9 Å². The summed E-state index contributed by atoms with van der Waals surface area (Å²) in [4.78, 5) is 33.9. The van der Waals surface area contributed by atoms with Gasteiger partial charge in [0.1, 0.15) is 0 Å². The summed E-state index contributed by atoms with van der Waals surface area (Å²) in [5.74, 6) is 0.638. The molecule has 0 aliphatic heterocycles. The van der Waals surface area contributed by atoms with Gasteiger partial charge < -0.3 is 15.7 Å². The molecule has 4 rings (SSSR count). The van der Waals surface area contributed by atoms with Crippen molar-refractivity contribution >= 4 is 29.0 Å². The van der Waals surface area contributed by atoms with Crippen molar-refractivity contribution in [2.75, 3.05) is 17.7 Å². The molecule has 0 fully saturated rings. The fourth-order valence-electron chi connectivity index (χ4n) is 3.69. The van der Waals surface area contributed by atoms with Crippen LogP contribution >= 0.6 is 0 Å². The minimum Gasteiger partial charge on any atom is -0.494 e. The topological polar surface area (TPSA) is 150 Å². The van der Waals surface area contributed by atoms with E-state index < -0.39 is 5.69 Å². The normalized spacial score (nSPS) is 10.7. The van der Waals surface area contributed by atoms with Crippen molar-refractivity contribution in [3.05, 3.63) is 91.1 Å². The zero-order valence-corrected chi connectivity index (χ0v) is 23.2. The lowest BCUT2D eigenvalue weighted by Gasteiger charge is -2.12. The summed E-state index contributed by atoms with van der Waals surface area (Å²) in [6.07, 6.45) is 0. The Morgan fingerprint density at radius 3 is 2.33 bits per heavy atom. The predicted molar refractivity (Wildman–Crippen MR) is 154 cm³/mol. The van der Waals surface area contributed by atoms with E-state index in [2.05, 4.69) is 35.8 Å². The van der Waals surface area contributed by atoms with Crippen molar-refractivity contribution in [2.24, 2.45) is 10.2 Å². The van der Waals surface area contributed by atoms with Crippen LogP contribution in [0.2, 0.25) is 0 Å². The molecule has 11 nitrogen and oxygen atoms in total. The molecule has 0 aliphatic rings. The second kappa shape index (κ2) is 12.6. The number of hydrogen-bond acceptors (Lipinski definition) is 9. The van der Waals surface area contributed by atoms with Crippen LogP contribution in [0.1, 0.15) is 34.7 Å². The fourth-order valence-corrected chi connectivity index (χ4v) is 3.69. The first-order chi connectivity index (χ1) is 18.5. The van der Waals surface area contributed by atoms with Gasteiger partial charge in [-0.25, -0.2) is 4.79 Å². The zero-order valence-electron chi connectivity index (χ0n) is 23.2. The molecule has 39 heavy (non-hydrogen) atoms. The van der Waals surface area contributed by atoms with Crippen LogP contribution in [0.25, 0.3) is 0 Å². The number of aromatic nitrogens is 4. The van der Waals surface area contributed by atoms with Gasteiger partial charge in [0, 0.05) is 24.8 Å². The van der Waals surface area contributed by atoms with E-state index >= 15 is 0 Å². The number of anilines is 3. The van der Waals surface area contributed by atoms with E-state index in [1.165, 1.54) is 4.57 Å². The Bertz CT molecular complexity index is 1620. The van der Waals surface area contributed by atoms with Gasteiger partial charge in [0.15, 0.2) is 11.6 Å². The molecule has 0 unspecified atom stereocenters. The van der Waals surface area contributed by atoms with E-state index in [1.807, 2.05) is 70.2 Å². The van der Waals surface area contributed by atoms with Gasteiger partial charge in [-0.2, -0.15) is 15.1 Å². The van der Waals surface area contributed by atoms with Crippen molar-refractivity contribution in [1.29, 1.82) is 0 Å². The van der Waals surface area contributed by atoms with E-state index in [0.717, 1.165) is 28.1 Å². The third-order valence-corrected chi connectivity index (χ3v) is 6.05. The second-order valence-corrected chi connectivity index (χ2v) is 9.03. The summed E-state index contributed by atoms with van der Waals surface area (Å²) in [6.45, 7) is 11.7. The number of pyridine rings is 1. The maximum absolute atomic E-state index is 12.4. The van der Waals surface area contributed by atoms with Gasteiger partial charge in [0.25, 0.3) is 5.56 Å². The lowest BCUT2D eigenvalue weighted by molar-refractivity contribution is 0.406. The number of H-pyrrole nitrogens is 1. The van der Waals surface area contributed by atoms with Crippen LogP contribution in [0.5, 0.6) is 5.88 Å². The highest BCUT2D eigenvalue weighted by atomic mass is 16.3. The molecule has 0 radical (unpaired) electrons. The fraction of sp³-hybridized carbons (Fsp3) is 0.286. The van der Waals surface area contributed by atoms with Crippen molar-refractivity contribution in [3.8, 4) is 5.88 Å². The summed E-state index contributed by atoms with van der Waals surface area (Å²) in [5.41, 5.74) is 5.63. The number of rotatable bonds is 6. The molecule has 0 spiro atoms. The van der Waals surface area contributed by atoms with Gasteiger partial charge in [-0.15, -0.1) is 5.11 Å². The molecule has 0 amide bonds. The van der Waals surface area contributed by atoms with E-state index in [9.17, 15) is 14.7 Å². The first-order valence-corrected chi connectivity index (χ1v) is 12.5. The highest BCUT2D eigenvalue weighted by Crippen LogP contribution is 2.27. The van der Waals surface area contributed by atoms with Gasteiger partial charge >= 0.3 is 5.69 Å². The number of nitrogens with one attached hydrogen (secondary N) is 3. The Labute approximate surface area is 226 Å². The molecule has 0 atom stereocenters. The number of azo groups is 1. The maximum Gasteiger partial charge on any atom is 0.351 e. The number of hydrogen-bond donors (Lipinski definition) is 4. The molecule has 0 saturated heterocycles. The van der Waals surface area contributed by atoms with E-state index in [1.54, 1.807) is 20.9 Å². The summed E-state index contributed by atoms with van der Waals surface area (Å²) in [7, 11) is 1.66. The van der Waals surface area contributed by atoms with Gasteiger partial charge in [0.2, 0.25) is 11.9 Å². The number of aromatic hydroxyl groups is 1.